The van der Waals surface area contributed by atoms with Crippen LogP contribution in [0.2, 0.25) is 0 Å². The standard InChI is InChI=1S/C23H32N2O4/c1-16(26)25-21(17-7-3-4-8-17)22(27)24-14-23(11-5-2-6-12-23)18-9-10-19-20(13-18)29-15-28-19/h9-10,13,17,21H,2-8,11-12,14-15H2,1H3,(H,24,27)(H,25,26). The van der Waals surface area contributed by atoms with Crippen molar-refractivity contribution >= 4 is 11.8 Å². The lowest BCUT2D eigenvalue weighted by Gasteiger charge is -2.38. The Bertz CT molecular complexity index is 751. The first-order chi connectivity index (χ1) is 14.1. The van der Waals surface area contributed by atoms with E-state index in [0.717, 1.165) is 62.9 Å². The second-order valence-electron chi connectivity index (χ2n) is 8.85. The van der Waals surface area contributed by atoms with Crippen molar-refractivity contribution in [3.63, 3.8) is 0 Å². The van der Waals surface area contributed by atoms with Crippen molar-refractivity contribution in [3.05, 3.63) is 23.8 Å². The lowest BCUT2D eigenvalue weighted by molar-refractivity contribution is -0.129. The highest BCUT2D eigenvalue weighted by atomic mass is 16.7. The van der Waals surface area contributed by atoms with Gasteiger partial charge in [0.15, 0.2) is 11.5 Å². The summed E-state index contributed by atoms with van der Waals surface area (Å²) in [5, 5.41) is 6.12. The van der Waals surface area contributed by atoms with Gasteiger partial charge in [0, 0.05) is 18.9 Å². The molecule has 4 rings (SSSR count). The number of benzene rings is 1. The summed E-state index contributed by atoms with van der Waals surface area (Å²) in [5.74, 6) is 1.64. The molecule has 0 bridgehead atoms. The van der Waals surface area contributed by atoms with Gasteiger partial charge < -0.3 is 20.1 Å². The Kier molecular flexibility index (Phi) is 5.97. The minimum atomic E-state index is -0.424. The number of ether oxygens (including phenoxy) is 2. The first-order valence-corrected chi connectivity index (χ1v) is 11.0. The fourth-order valence-corrected chi connectivity index (χ4v) is 5.30. The van der Waals surface area contributed by atoms with E-state index < -0.39 is 6.04 Å². The normalized spacial score (nSPS) is 21.6. The first kappa shape index (κ1) is 20.0. The van der Waals surface area contributed by atoms with E-state index in [1.807, 2.05) is 6.07 Å². The molecule has 1 heterocycles. The van der Waals surface area contributed by atoms with E-state index >= 15 is 0 Å². The fraction of sp³-hybridized carbons (Fsp3) is 0.652. The topological polar surface area (TPSA) is 76.7 Å². The van der Waals surface area contributed by atoms with Gasteiger partial charge in [-0.2, -0.15) is 0 Å². The summed E-state index contributed by atoms with van der Waals surface area (Å²) in [5.41, 5.74) is 1.12. The number of carbonyl (C=O) groups excluding carboxylic acids is 2. The van der Waals surface area contributed by atoms with Gasteiger partial charge in [0.25, 0.3) is 0 Å². The SMILES string of the molecule is CC(=O)NC(C(=O)NCC1(c2ccc3c(c2)OCO3)CCCCC1)C1CCCC1. The van der Waals surface area contributed by atoms with Crippen LogP contribution in [0.3, 0.4) is 0 Å². The smallest absolute Gasteiger partial charge is 0.242 e. The Labute approximate surface area is 172 Å². The third kappa shape index (κ3) is 4.36. The van der Waals surface area contributed by atoms with Crippen LogP contribution in [0.25, 0.3) is 0 Å². The van der Waals surface area contributed by atoms with Gasteiger partial charge in [-0.05, 0) is 49.3 Å². The predicted molar refractivity (Wildman–Crippen MR) is 110 cm³/mol. The maximum atomic E-state index is 13.1. The zero-order chi connectivity index (χ0) is 20.3. The maximum Gasteiger partial charge on any atom is 0.242 e. The van der Waals surface area contributed by atoms with Crippen molar-refractivity contribution in [1.29, 1.82) is 0 Å². The van der Waals surface area contributed by atoms with Gasteiger partial charge in [-0.25, -0.2) is 0 Å². The van der Waals surface area contributed by atoms with Crippen LogP contribution in [0.5, 0.6) is 11.5 Å². The molecule has 29 heavy (non-hydrogen) atoms. The van der Waals surface area contributed by atoms with Crippen LogP contribution in [0.4, 0.5) is 0 Å². The van der Waals surface area contributed by atoms with Crippen LogP contribution in [-0.4, -0.2) is 31.2 Å². The Balaban J connectivity index is 1.50. The largest absolute Gasteiger partial charge is 0.454 e. The van der Waals surface area contributed by atoms with Gasteiger partial charge in [0.2, 0.25) is 18.6 Å². The monoisotopic (exact) mass is 400 g/mol. The van der Waals surface area contributed by atoms with Gasteiger partial charge in [-0.1, -0.05) is 38.2 Å². The second-order valence-corrected chi connectivity index (χ2v) is 8.85. The molecule has 1 unspecified atom stereocenters. The summed E-state index contributed by atoms with van der Waals surface area (Å²) >= 11 is 0. The summed E-state index contributed by atoms with van der Waals surface area (Å²) in [6.45, 7) is 2.35. The zero-order valence-electron chi connectivity index (χ0n) is 17.3. The number of hydrogen-bond donors (Lipinski definition) is 2. The van der Waals surface area contributed by atoms with E-state index in [9.17, 15) is 9.59 Å². The predicted octanol–water partition coefficient (Wildman–Crippen LogP) is 3.43. The quantitative estimate of drug-likeness (QED) is 0.767. The number of hydrogen-bond acceptors (Lipinski definition) is 4. The van der Waals surface area contributed by atoms with Crippen LogP contribution in [-0.2, 0) is 15.0 Å². The van der Waals surface area contributed by atoms with Crippen LogP contribution in [0.15, 0.2) is 18.2 Å². The van der Waals surface area contributed by atoms with E-state index in [1.165, 1.54) is 18.9 Å². The molecular weight excluding hydrogens is 368 g/mol. The average Bonchev–Trinajstić information content (AvgIpc) is 3.42. The molecule has 3 aliphatic rings. The highest BCUT2D eigenvalue weighted by Crippen LogP contribution is 2.43. The summed E-state index contributed by atoms with van der Waals surface area (Å²) in [7, 11) is 0. The third-order valence-corrected chi connectivity index (χ3v) is 6.91. The molecule has 158 valence electrons. The highest BCUT2D eigenvalue weighted by Gasteiger charge is 2.37. The van der Waals surface area contributed by atoms with Crippen molar-refractivity contribution in [2.75, 3.05) is 13.3 Å². The third-order valence-electron chi connectivity index (χ3n) is 6.91. The van der Waals surface area contributed by atoms with Crippen molar-refractivity contribution in [1.82, 2.24) is 10.6 Å². The van der Waals surface area contributed by atoms with E-state index in [1.54, 1.807) is 0 Å². The van der Waals surface area contributed by atoms with Crippen LogP contribution < -0.4 is 20.1 Å². The molecule has 2 fully saturated rings. The molecule has 2 amide bonds. The minimum absolute atomic E-state index is 0.0437. The van der Waals surface area contributed by atoms with Gasteiger partial charge in [0.05, 0.1) is 0 Å². The Hall–Kier alpha value is -2.24. The molecule has 6 heteroatoms. The van der Waals surface area contributed by atoms with Crippen LogP contribution in [0, 0.1) is 5.92 Å². The summed E-state index contributed by atoms with van der Waals surface area (Å²) in [6, 6.07) is 5.76. The van der Waals surface area contributed by atoms with Crippen molar-refractivity contribution in [2.45, 2.75) is 76.2 Å². The van der Waals surface area contributed by atoms with E-state index in [2.05, 4.69) is 22.8 Å². The highest BCUT2D eigenvalue weighted by molar-refractivity contribution is 5.87. The molecule has 2 aliphatic carbocycles. The molecular formula is C23H32N2O4. The average molecular weight is 401 g/mol. The molecule has 0 spiro atoms. The van der Waals surface area contributed by atoms with Crippen LogP contribution >= 0.6 is 0 Å². The van der Waals surface area contributed by atoms with Gasteiger partial charge in [-0.15, -0.1) is 0 Å². The van der Waals surface area contributed by atoms with E-state index in [-0.39, 0.29) is 29.9 Å². The summed E-state index contributed by atoms with van der Waals surface area (Å²) < 4.78 is 11.1. The van der Waals surface area contributed by atoms with E-state index in [4.69, 9.17) is 9.47 Å². The number of amides is 2. The molecule has 2 N–H and O–H groups in total. The molecule has 1 aromatic rings. The fourth-order valence-electron chi connectivity index (χ4n) is 5.30. The molecule has 0 radical (unpaired) electrons. The number of nitrogens with one attached hydrogen (secondary N) is 2. The number of rotatable bonds is 6. The summed E-state index contributed by atoms with van der Waals surface area (Å²) in [4.78, 5) is 24.8. The molecule has 0 saturated heterocycles. The van der Waals surface area contributed by atoms with Gasteiger partial charge in [0.1, 0.15) is 6.04 Å². The molecule has 1 aromatic carbocycles. The lowest BCUT2D eigenvalue weighted by Crippen LogP contribution is -2.52. The van der Waals surface area contributed by atoms with Gasteiger partial charge in [-0.3, -0.25) is 9.59 Å². The van der Waals surface area contributed by atoms with Crippen molar-refractivity contribution < 1.29 is 19.1 Å². The molecule has 1 aliphatic heterocycles. The molecule has 6 nitrogen and oxygen atoms in total. The van der Waals surface area contributed by atoms with E-state index in [0.29, 0.717) is 6.54 Å². The minimum Gasteiger partial charge on any atom is -0.454 e. The lowest BCUT2D eigenvalue weighted by atomic mass is 9.69. The Morgan fingerprint density at radius 2 is 1.79 bits per heavy atom. The number of fused-ring (bicyclic) bond motifs is 1. The van der Waals surface area contributed by atoms with Gasteiger partial charge >= 0.3 is 0 Å². The summed E-state index contributed by atoms with van der Waals surface area (Å²) in [6.07, 6.45) is 9.91. The van der Waals surface area contributed by atoms with Crippen LogP contribution in [0.1, 0.15) is 70.3 Å². The van der Waals surface area contributed by atoms with Crippen molar-refractivity contribution in [2.24, 2.45) is 5.92 Å². The molecule has 1 atom stereocenters. The Morgan fingerprint density at radius 1 is 1.07 bits per heavy atom. The first-order valence-electron chi connectivity index (χ1n) is 11.0. The maximum absolute atomic E-state index is 13.1. The molecule has 0 aromatic heterocycles. The molecule has 2 saturated carbocycles. The van der Waals surface area contributed by atoms with Crippen molar-refractivity contribution in [3.8, 4) is 11.5 Å². The number of carbonyl (C=O) groups is 2. The Morgan fingerprint density at radius 3 is 2.52 bits per heavy atom. The second kappa shape index (κ2) is 8.64. The zero-order valence-corrected chi connectivity index (χ0v) is 17.3.